The van der Waals surface area contributed by atoms with E-state index in [1.807, 2.05) is 42.5 Å². The zero-order valence-electron chi connectivity index (χ0n) is 78.8. The van der Waals surface area contributed by atoms with Crippen molar-refractivity contribution in [3.05, 3.63) is 349 Å². The van der Waals surface area contributed by atoms with Crippen molar-refractivity contribution in [1.82, 2.24) is 4.57 Å². The molecule has 22 rings (SSSR count). The average molecular weight is 1650 g/mol. The van der Waals surface area contributed by atoms with Gasteiger partial charge in [0, 0.05) is 27.2 Å². The second-order valence-electron chi connectivity index (χ2n) is 39.2. The molecule has 16 aromatic carbocycles. The molecular weight excluding hydrogens is 1540 g/mol. The minimum absolute atomic E-state index is 0.0786. The second kappa shape index (κ2) is 27.4. The third kappa shape index (κ3) is 12.4. The summed E-state index contributed by atoms with van der Waals surface area (Å²) in [5.41, 5.74) is 30.7. The summed E-state index contributed by atoms with van der Waals surface area (Å²) >= 11 is 0.0786. The van der Waals surface area contributed by atoms with Crippen LogP contribution < -0.4 is 26.2 Å². The van der Waals surface area contributed by atoms with Gasteiger partial charge in [0.05, 0.1) is 20.6 Å². The zero-order valence-corrected chi connectivity index (χ0v) is 73.5. The van der Waals surface area contributed by atoms with E-state index in [0.29, 0.717) is 22.4 Å². The van der Waals surface area contributed by atoms with E-state index in [1.165, 1.54) is 36.0 Å². The van der Waals surface area contributed by atoms with Crippen LogP contribution in [0.4, 0.5) is 34.1 Å². The quantitative estimate of drug-likeness (QED) is 0.161. The molecule has 0 N–H and O–H groups in total. The Bertz CT molecular complexity index is 8030. The monoisotopic (exact) mass is 1650 g/mol. The summed E-state index contributed by atoms with van der Waals surface area (Å²) in [6, 6.07) is 102. The fourth-order valence-electron chi connectivity index (χ4n) is 19.3. The molecule has 0 saturated heterocycles. The van der Waals surface area contributed by atoms with Crippen molar-refractivity contribution in [3.8, 4) is 94.7 Å². The average Bonchev–Trinajstić information content (AvgIpc) is 1.66. The van der Waals surface area contributed by atoms with Crippen LogP contribution in [0, 0.1) is 0 Å². The normalized spacial score (nSPS) is 14.1. The fourth-order valence-corrected chi connectivity index (χ4v) is 21.5. The number of fused-ring (bicyclic) bond motifs is 26. The Morgan fingerprint density at radius 3 is 1.32 bits per heavy atom. The first kappa shape index (κ1) is 68.0. The molecule has 0 unspecified atom stereocenters. The summed E-state index contributed by atoms with van der Waals surface area (Å²) in [7, 11) is 0. The number of anilines is 6. The van der Waals surface area contributed by atoms with E-state index in [1.54, 1.807) is 4.57 Å². The van der Waals surface area contributed by atoms with E-state index in [0.717, 1.165) is 150 Å². The number of hydrogen-bond donors (Lipinski definition) is 0. The summed E-state index contributed by atoms with van der Waals surface area (Å²) in [5, 5.41) is 4.40. The molecule has 13 bridgehead atoms. The summed E-state index contributed by atoms with van der Waals surface area (Å²) < 4.78 is 82.4. The van der Waals surface area contributed by atoms with Crippen molar-refractivity contribution in [1.29, 1.82) is 0 Å². The SMILES string of the molecule is [2H]c1c([2H])c([2H])c2c(c1[2H])c1c([2H])c(-c3ccc4oc5ccccc5c4c3)c([2H])c([2H])c1n2-c1ccc2c(c1)N1c3cc(C(C)(C)C)cc4c3B2c2cc(-c3cc(C(C)(C)C)cc(C(C)(C)C)c3)ccc2N4c2c(-c3ccccc3)cc(C(C)(C)C)cc2-c2cccc(c2)-c2ccc3[se]c4ccc(cc4c3c2)-c2cccc(c2)-c2cc(C(C)(C)C)cc(-c3ccccc3)c21. The fraction of sp³-hybridized carbons (Fsp3) is 0.172. The van der Waals surface area contributed by atoms with Gasteiger partial charge in [0.15, 0.2) is 0 Å². The topological polar surface area (TPSA) is 24.6 Å². The van der Waals surface area contributed by atoms with Crippen molar-refractivity contribution < 1.29 is 14.0 Å². The van der Waals surface area contributed by atoms with Gasteiger partial charge < -0.3 is 8.98 Å². The molecule has 0 spiro atoms. The van der Waals surface area contributed by atoms with E-state index in [-0.39, 0.29) is 93.7 Å². The van der Waals surface area contributed by atoms with Crippen molar-refractivity contribution in [2.24, 2.45) is 0 Å². The summed E-state index contributed by atoms with van der Waals surface area (Å²) in [6.07, 6.45) is 0. The molecule has 6 heterocycles. The van der Waals surface area contributed by atoms with Gasteiger partial charge in [-0.2, -0.15) is 0 Å². The number of furan rings is 1. The van der Waals surface area contributed by atoms with Gasteiger partial charge in [0.1, 0.15) is 11.2 Å². The van der Waals surface area contributed by atoms with Crippen LogP contribution in [0.2, 0.25) is 0 Å². The first-order chi connectivity index (χ1) is 61.5. The van der Waals surface area contributed by atoms with E-state index >= 15 is 0 Å². The van der Waals surface area contributed by atoms with Crippen LogP contribution in [0.5, 0.6) is 0 Å². The van der Waals surface area contributed by atoms with Gasteiger partial charge in [-0.25, -0.2) is 0 Å². The zero-order chi connectivity index (χ0) is 89.6. The Kier molecular flexibility index (Phi) is 15.3. The second-order valence-corrected chi connectivity index (χ2v) is 41.5. The van der Waals surface area contributed by atoms with E-state index in [9.17, 15) is 9.60 Å². The van der Waals surface area contributed by atoms with Crippen molar-refractivity contribution in [2.75, 3.05) is 9.80 Å². The Morgan fingerprint density at radius 1 is 0.287 bits per heavy atom. The first-order valence-electron chi connectivity index (χ1n) is 46.4. The molecule has 0 amide bonds. The molecule has 0 aliphatic carbocycles. The maximum absolute atomic E-state index is 10.7. The summed E-state index contributed by atoms with van der Waals surface area (Å²) in [5.74, 6) is 0. The molecule has 122 heavy (non-hydrogen) atoms. The van der Waals surface area contributed by atoms with Crippen molar-refractivity contribution >= 4 is 135 Å². The van der Waals surface area contributed by atoms with E-state index in [2.05, 4.69) is 350 Å². The van der Waals surface area contributed by atoms with Crippen molar-refractivity contribution in [3.63, 3.8) is 0 Å². The Labute approximate surface area is 733 Å². The van der Waals surface area contributed by atoms with Gasteiger partial charge in [-0.3, -0.25) is 0 Å². The van der Waals surface area contributed by atoms with E-state index < -0.39 is 24.2 Å². The summed E-state index contributed by atoms with van der Waals surface area (Å²) in [4.78, 5) is 5.21. The van der Waals surface area contributed by atoms with Gasteiger partial charge >= 0.3 is 382 Å². The third-order valence-corrected chi connectivity index (χ3v) is 28.5. The minimum atomic E-state index is -0.532. The van der Waals surface area contributed by atoms with Crippen LogP contribution in [0.25, 0.3) is 158 Å². The Morgan fingerprint density at radius 2 is 0.738 bits per heavy atom. The van der Waals surface area contributed by atoms with Gasteiger partial charge in [0.25, 0.3) is 6.71 Å². The molecular formula is C116H98BN3OSe. The predicted molar refractivity (Wildman–Crippen MR) is 525 cm³/mol. The molecule has 0 fully saturated rings. The summed E-state index contributed by atoms with van der Waals surface area (Å²) in [6.45, 7) is 34.2. The number of nitrogens with zero attached hydrogens (tertiary/aromatic N) is 3. The van der Waals surface area contributed by atoms with Crippen LogP contribution in [0.3, 0.4) is 0 Å². The number of benzene rings is 16. The predicted octanol–water partition coefficient (Wildman–Crippen LogP) is 30.3. The van der Waals surface area contributed by atoms with Gasteiger partial charge in [0.2, 0.25) is 0 Å². The van der Waals surface area contributed by atoms with Crippen LogP contribution in [-0.4, -0.2) is 25.8 Å². The molecule has 592 valence electrons. The first-order valence-corrected chi connectivity index (χ1v) is 44.6. The van der Waals surface area contributed by atoms with Crippen molar-refractivity contribution in [2.45, 2.75) is 131 Å². The molecule has 4 nitrogen and oxygen atoms in total. The molecule has 3 aliphatic rings. The molecule has 3 aliphatic heterocycles. The van der Waals surface area contributed by atoms with Gasteiger partial charge in [-0.1, -0.05) is 184 Å². The third-order valence-electron chi connectivity index (χ3n) is 26.0. The number of rotatable bonds is 5. The number of hydrogen-bond acceptors (Lipinski definition) is 3. The van der Waals surface area contributed by atoms with Gasteiger partial charge in [-0.15, -0.1) is 0 Å². The van der Waals surface area contributed by atoms with Crippen LogP contribution in [0.1, 0.15) is 141 Å². The number of aromatic nitrogens is 1. The van der Waals surface area contributed by atoms with Crippen LogP contribution in [0.15, 0.2) is 326 Å². The molecule has 0 radical (unpaired) electrons. The van der Waals surface area contributed by atoms with Crippen LogP contribution >= 0.6 is 0 Å². The Hall–Kier alpha value is -12.7. The molecule has 6 heteroatoms. The Balaban J connectivity index is 0.943. The standard InChI is InChI=1S/C116H98BN3OSe/c1-112(2,3)81-54-80(55-82(61-81)113(4,5)6)77-41-48-101-98(60-77)117-97-46-45-86(118-99-38-24-22-36-87(99)93-56-73(40-47-100(93)118)74-42-49-106-94(57-74)88-37-23-25-39-105(88)121-106)68-102(97)120-104-67-85(116(13,14)15)66-103(109(104)117)119(101)110-89(69-28-18-16-19-29-69)62-83(114(7,8)9)64-91(110)78-34-26-32-71(52-78)75-43-50-107-95(58-75)96-59-76(44-51-108(96)122-107)72-33-27-35-79(53-72)92-65-84(115(10,11)12)63-90(111(92)120)70-30-20-17-21-31-70/h16-68H,1-15H3/i22D,24D,36D,38D,40D,47D,56D. The number of para-hydroxylation sites is 2. The van der Waals surface area contributed by atoms with Crippen LogP contribution in [-0.2, 0) is 27.1 Å². The molecule has 0 atom stereocenters. The molecule has 3 aromatic heterocycles. The molecule has 19 aromatic rings. The molecule has 0 saturated carbocycles. The van der Waals surface area contributed by atoms with Gasteiger partial charge in [-0.05, 0) is 97.6 Å². The maximum atomic E-state index is 10.7. The van der Waals surface area contributed by atoms with E-state index in [4.69, 9.17) is 4.42 Å².